The van der Waals surface area contributed by atoms with Gasteiger partial charge >= 0.3 is 5.97 Å². The predicted octanol–water partition coefficient (Wildman–Crippen LogP) is 5.51. The summed E-state index contributed by atoms with van der Waals surface area (Å²) in [6.07, 6.45) is 2.30. The molecule has 28 heavy (non-hydrogen) atoms. The molecule has 142 valence electrons. The molecule has 1 amide bonds. The molecule has 3 aromatic rings. The minimum absolute atomic E-state index is 0.122. The molecule has 0 aliphatic heterocycles. The normalized spacial score (nSPS) is 15.7. The van der Waals surface area contributed by atoms with Gasteiger partial charge in [-0.3, -0.25) is 4.79 Å². The van der Waals surface area contributed by atoms with Crippen molar-refractivity contribution in [1.82, 2.24) is 0 Å². The Balaban J connectivity index is 1.57. The molecule has 0 bridgehead atoms. The monoisotopic (exact) mass is 411 g/mol. The van der Waals surface area contributed by atoms with E-state index >= 15 is 0 Å². The number of aryl methyl sites for hydroxylation is 1. The molecule has 1 aliphatic carbocycles. The van der Waals surface area contributed by atoms with Gasteiger partial charge in [-0.05, 0) is 48.1 Å². The smallest absolute Gasteiger partial charge is 0.339 e. The SMILES string of the molecule is O=C(O)c1c(NC(=O)[C@@H]2CCc3ccccc3C2)csc1-c1ccc(Cl)cc1. The third kappa shape index (κ3) is 3.68. The van der Waals surface area contributed by atoms with Crippen molar-refractivity contribution in [1.29, 1.82) is 0 Å². The van der Waals surface area contributed by atoms with E-state index in [0.29, 0.717) is 22.0 Å². The Kier molecular flexibility index (Phi) is 5.20. The number of thiophene rings is 1. The van der Waals surface area contributed by atoms with E-state index in [2.05, 4.69) is 17.4 Å². The number of hydrogen-bond donors (Lipinski definition) is 2. The molecule has 1 heterocycles. The molecular formula is C22H18ClNO3S. The lowest BCUT2D eigenvalue weighted by Crippen LogP contribution is -2.28. The van der Waals surface area contributed by atoms with Crippen LogP contribution in [-0.4, -0.2) is 17.0 Å². The first-order valence-corrected chi connectivity index (χ1v) is 10.3. The molecule has 6 heteroatoms. The number of fused-ring (bicyclic) bond motifs is 1. The van der Waals surface area contributed by atoms with Crippen molar-refractivity contribution in [2.24, 2.45) is 5.92 Å². The molecule has 0 radical (unpaired) electrons. The van der Waals surface area contributed by atoms with Crippen LogP contribution in [0.5, 0.6) is 0 Å². The molecule has 2 aromatic carbocycles. The molecule has 0 spiro atoms. The van der Waals surface area contributed by atoms with Crippen LogP contribution in [0.15, 0.2) is 53.9 Å². The van der Waals surface area contributed by atoms with Gasteiger partial charge in [-0.1, -0.05) is 48.0 Å². The maximum atomic E-state index is 12.8. The van der Waals surface area contributed by atoms with E-state index in [9.17, 15) is 14.7 Å². The first-order valence-electron chi connectivity index (χ1n) is 9.01. The van der Waals surface area contributed by atoms with Crippen LogP contribution in [0.2, 0.25) is 5.02 Å². The summed E-state index contributed by atoms with van der Waals surface area (Å²) in [6, 6.07) is 15.2. The number of aromatic carboxylic acids is 1. The summed E-state index contributed by atoms with van der Waals surface area (Å²) < 4.78 is 0. The number of anilines is 1. The highest BCUT2D eigenvalue weighted by molar-refractivity contribution is 7.14. The van der Waals surface area contributed by atoms with Gasteiger partial charge in [0.1, 0.15) is 5.56 Å². The number of amides is 1. The lowest BCUT2D eigenvalue weighted by Gasteiger charge is -2.23. The Bertz CT molecular complexity index is 1040. The highest BCUT2D eigenvalue weighted by Gasteiger charge is 2.27. The fourth-order valence-electron chi connectivity index (χ4n) is 3.63. The summed E-state index contributed by atoms with van der Waals surface area (Å²) in [4.78, 5) is 25.3. The van der Waals surface area contributed by atoms with Gasteiger partial charge in [0, 0.05) is 16.3 Å². The fourth-order valence-corrected chi connectivity index (χ4v) is 4.76. The Hall–Kier alpha value is -2.63. The number of carbonyl (C=O) groups excluding carboxylic acids is 1. The Labute approximate surface area is 171 Å². The van der Waals surface area contributed by atoms with Crippen LogP contribution in [0.3, 0.4) is 0 Å². The quantitative estimate of drug-likeness (QED) is 0.594. The van der Waals surface area contributed by atoms with Gasteiger partial charge in [0.25, 0.3) is 0 Å². The number of carbonyl (C=O) groups is 2. The number of benzene rings is 2. The van der Waals surface area contributed by atoms with E-state index in [-0.39, 0.29) is 17.4 Å². The van der Waals surface area contributed by atoms with Gasteiger partial charge in [0.05, 0.1) is 10.6 Å². The van der Waals surface area contributed by atoms with Crippen LogP contribution in [0.4, 0.5) is 5.69 Å². The van der Waals surface area contributed by atoms with Crippen LogP contribution in [0.1, 0.15) is 27.9 Å². The summed E-state index contributed by atoms with van der Waals surface area (Å²) in [7, 11) is 0. The van der Waals surface area contributed by atoms with Crippen molar-refractivity contribution >= 4 is 40.5 Å². The van der Waals surface area contributed by atoms with Crippen LogP contribution in [0.25, 0.3) is 10.4 Å². The van der Waals surface area contributed by atoms with Gasteiger partial charge in [-0.15, -0.1) is 11.3 Å². The number of hydrogen-bond acceptors (Lipinski definition) is 3. The molecule has 1 atom stereocenters. The highest BCUT2D eigenvalue weighted by atomic mass is 35.5. The van der Waals surface area contributed by atoms with E-state index in [0.717, 1.165) is 18.4 Å². The molecule has 4 rings (SSSR count). The number of halogens is 1. The summed E-state index contributed by atoms with van der Waals surface area (Å²) in [5.74, 6) is -1.34. The Morgan fingerprint density at radius 2 is 1.79 bits per heavy atom. The molecular weight excluding hydrogens is 394 g/mol. The summed E-state index contributed by atoms with van der Waals surface area (Å²) in [5, 5.41) is 14.9. The maximum absolute atomic E-state index is 12.8. The van der Waals surface area contributed by atoms with Crippen molar-refractivity contribution in [3.05, 3.63) is 75.6 Å². The Morgan fingerprint density at radius 3 is 2.50 bits per heavy atom. The third-order valence-electron chi connectivity index (χ3n) is 5.09. The molecule has 1 aliphatic rings. The average Bonchev–Trinajstić information content (AvgIpc) is 3.12. The number of carboxylic acid groups (broad SMARTS) is 1. The van der Waals surface area contributed by atoms with Gasteiger partial charge in [-0.2, -0.15) is 0 Å². The van der Waals surface area contributed by atoms with Gasteiger partial charge in [0.2, 0.25) is 5.91 Å². The lowest BCUT2D eigenvalue weighted by atomic mass is 9.83. The van der Waals surface area contributed by atoms with Crippen molar-refractivity contribution < 1.29 is 14.7 Å². The third-order valence-corrected chi connectivity index (χ3v) is 6.37. The van der Waals surface area contributed by atoms with E-state index in [1.807, 2.05) is 12.1 Å². The van der Waals surface area contributed by atoms with Crippen LogP contribution in [0, 0.1) is 5.92 Å². The summed E-state index contributed by atoms with van der Waals surface area (Å²) >= 11 is 7.23. The second kappa shape index (κ2) is 7.78. The molecule has 0 saturated carbocycles. The second-order valence-electron chi connectivity index (χ2n) is 6.86. The number of rotatable bonds is 4. The largest absolute Gasteiger partial charge is 0.478 e. The summed E-state index contributed by atoms with van der Waals surface area (Å²) in [5.41, 5.74) is 3.72. The van der Waals surface area contributed by atoms with Crippen molar-refractivity contribution in [3.8, 4) is 10.4 Å². The van der Waals surface area contributed by atoms with Crippen molar-refractivity contribution in [3.63, 3.8) is 0 Å². The first kappa shape index (κ1) is 18.7. The van der Waals surface area contributed by atoms with Gasteiger partial charge < -0.3 is 10.4 Å². The van der Waals surface area contributed by atoms with Crippen LogP contribution >= 0.6 is 22.9 Å². The minimum Gasteiger partial charge on any atom is -0.478 e. The van der Waals surface area contributed by atoms with Gasteiger partial charge in [0.15, 0.2) is 0 Å². The standard InChI is InChI=1S/C22H18ClNO3S/c23-17-9-7-14(8-10-17)20-19(22(26)27)18(12-28-20)24-21(25)16-6-5-13-3-1-2-4-15(13)11-16/h1-4,7-10,12,16H,5-6,11H2,(H,24,25)(H,26,27)/t16-/m1/s1. The molecule has 1 aromatic heterocycles. The maximum Gasteiger partial charge on any atom is 0.339 e. The lowest BCUT2D eigenvalue weighted by molar-refractivity contribution is -0.120. The Morgan fingerprint density at radius 1 is 1.07 bits per heavy atom. The van der Waals surface area contributed by atoms with E-state index in [1.54, 1.807) is 29.6 Å². The molecule has 0 unspecified atom stereocenters. The van der Waals surface area contributed by atoms with Crippen LogP contribution < -0.4 is 5.32 Å². The molecule has 4 nitrogen and oxygen atoms in total. The van der Waals surface area contributed by atoms with E-state index in [4.69, 9.17) is 11.6 Å². The first-order chi connectivity index (χ1) is 13.5. The second-order valence-corrected chi connectivity index (χ2v) is 8.18. The molecule has 0 fully saturated rings. The van der Waals surface area contributed by atoms with Crippen molar-refractivity contribution in [2.75, 3.05) is 5.32 Å². The van der Waals surface area contributed by atoms with E-state index < -0.39 is 5.97 Å². The van der Waals surface area contributed by atoms with E-state index in [1.165, 1.54) is 22.5 Å². The zero-order valence-electron chi connectivity index (χ0n) is 14.9. The number of carboxylic acids is 1. The van der Waals surface area contributed by atoms with Crippen molar-refractivity contribution in [2.45, 2.75) is 19.3 Å². The fraction of sp³-hybridized carbons (Fsp3) is 0.182. The average molecular weight is 412 g/mol. The number of nitrogens with one attached hydrogen (secondary N) is 1. The topological polar surface area (TPSA) is 66.4 Å². The zero-order chi connectivity index (χ0) is 19.7. The predicted molar refractivity (Wildman–Crippen MR) is 112 cm³/mol. The van der Waals surface area contributed by atoms with Crippen LogP contribution in [-0.2, 0) is 17.6 Å². The summed E-state index contributed by atoms with van der Waals surface area (Å²) in [6.45, 7) is 0. The zero-order valence-corrected chi connectivity index (χ0v) is 16.5. The molecule has 0 saturated heterocycles. The van der Waals surface area contributed by atoms with Gasteiger partial charge in [-0.25, -0.2) is 4.79 Å². The molecule has 2 N–H and O–H groups in total. The highest BCUT2D eigenvalue weighted by Crippen LogP contribution is 2.37. The minimum atomic E-state index is -1.06.